The van der Waals surface area contributed by atoms with E-state index in [0.29, 0.717) is 0 Å². The van der Waals surface area contributed by atoms with Gasteiger partial charge < -0.3 is 0 Å². The largest absolute Gasteiger partial charge is 3.00 e. The standard InChI is InChI=1S/C12H11.2C7H7.Zr/c1-2-6-11(7-3-1)10-12-8-4-5-9-12;2*1-7-5-3-2-4-6-7;/h1-4,6-8H,5,10H2;2*2-3,5-6H,1H3;/q3*-1;+3. The van der Waals surface area contributed by atoms with E-state index in [1.54, 1.807) is 0 Å². The zero-order valence-corrected chi connectivity index (χ0v) is 18.5. The van der Waals surface area contributed by atoms with Crippen molar-refractivity contribution in [2.24, 2.45) is 0 Å². The van der Waals surface area contributed by atoms with Gasteiger partial charge in [0.1, 0.15) is 0 Å². The van der Waals surface area contributed by atoms with E-state index in [1.807, 2.05) is 42.5 Å². The van der Waals surface area contributed by atoms with E-state index in [4.69, 9.17) is 0 Å². The van der Waals surface area contributed by atoms with Gasteiger partial charge in [-0.1, -0.05) is 44.2 Å². The third-order valence-electron chi connectivity index (χ3n) is 3.73. The van der Waals surface area contributed by atoms with E-state index in [2.05, 4.69) is 80.6 Å². The first-order valence-electron chi connectivity index (χ1n) is 8.89. The Hall–Kier alpha value is -1.98. The Bertz CT molecular complexity index is 750. The Labute approximate surface area is 183 Å². The summed E-state index contributed by atoms with van der Waals surface area (Å²) in [5, 5.41) is 0. The molecule has 0 N–H and O–H groups in total. The van der Waals surface area contributed by atoms with Crippen LogP contribution < -0.4 is 0 Å². The molecule has 0 aliphatic heterocycles. The molecule has 0 saturated carbocycles. The SMILES string of the molecule is Cc1c[c-]ccc1.Cc1c[c-]ccc1.[C-]1=C(Cc2ccccc2)C=CC1.[Zr+3]. The molecule has 0 fully saturated rings. The molecule has 27 heavy (non-hydrogen) atoms. The number of allylic oxidation sites excluding steroid dienone is 4. The van der Waals surface area contributed by atoms with Gasteiger partial charge in [0.2, 0.25) is 0 Å². The molecular formula is C26H25Zr. The molecule has 1 aliphatic rings. The molecule has 3 aromatic carbocycles. The zero-order valence-electron chi connectivity index (χ0n) is 16.1. The van der Waals surface area contributed by atoms with Gasteiger partial charge >= 0.3 is 26.2 Å². The molecule has 4 rings (SSSR count). The van der Waals surface area contributed by atoms with Gasteiger partial charge in [-0.15, -0.1) is 6.42 Å². The Morgan fingerprint density at radius 1 is 0.778 bits per heavy atom. The van der Waals surface area contributed by atoms with Gasteiger partial charge in [0, 0.05) is 0 Å². The summed E-state index contributed by atoms with van der Waals surface area (Å²) in [6, 6.07) is 32.2. The first-order valence-corrected chi connectivity index (χ1v) is 8.89. The first-order chi connectivity index (χ1) is 12.7. The molecule has 0 heterocycles. The summed E-state index contributed by atoms with van der Waals surface area (Å²) in [6.07, 6.45) is 9.63. The molecule has 3 aromatic rings. The molecule has 0 amide bonds. The summed E-state index contributed by atoms with van der Waals surface area (Å²) in [4.78, 5) is 0. The van der Waals surface area contributed by atoms with Gasteiger partial charge in [-0.2, -0.15) is 77.9 Å². The summed E-state index contributed by atoms with van der Waals surface area (Å²) in [6.45, 7) is 4.10. The van der Waals surface area contributed by atoms with Crippen molar-refractivity contribution in [3.63, 3.8) is 0 Å². The van der Waals surface area contributed by atoms with Crippen molar-refractivity contribution in [2.45, 2.75) is 26.7 Å². The van der Waals surface area contributed by atoms with E-state index in [9.17, 15) is 0 Å². The van der Waals surface area contributed by atoms with Crippen LogP contribution in [-0.4, -0.2) is 0 Å². The maximum Gasteiger partial charge on any atom is 3.00 e. The van der Waals surface area contributed by atoms with Crippen LogP contribution in [0, 0.1) is 32.1 Å². The number of rotatable bonds is 2. The van der Waals surface area contributed by atoms with E-state index in [-0.39, 0.29) is 26.2 Å². The molecule has 0 unspecified atom stereocenters. The molecule has 1 heteroatoms. The monoisotopic (exact) mass is 427 g/mol. The molecule has 0 aromatic heterocycles. The van der Waals surface area contributed by atoms with Crippen LogP contribution in [0.3, 0.4) is 0 Å². The van der Waals surface area contributed by atoms with Crippen LogP contribution in [0.1, 0.15) is 23.1 Å². The minimum atomic E-state index is 0. The van der Waals surface area contributed by atoms with Crippen LogP contribution in [0.15, 0.2) is 96.6 Å². The van der Waals surface area contributed by atoms with Gasteiger partial charge in [0.15, 0.2) is 0 Å². The molecule has 1 radical (unpaired) electrons. The fourth-order valence-corrected chi connectivity index (χ4v) is 2.35. The molecule has 0 atom stereocenters. The molecule has 0 saturated heterocycles. The van der Waals surface area contributed by atoms with Gasteiger partial charge in [-0.25, -0.2) is 11.6 Å². The molecule has 133 valence electrons. The molecular weight excluding hydrogens is 404 g/mol. The first kappa shape index (κ1) is 23.1. The summed E-state index contributed by atoms with van der Waals surface area (Å²) >= 11 is 0. The smallest absolute Gasteiger partial charge is 0.269 e. The Kier molecular flexibility index (Phi) is 12.1. The van der Waals surface area contributed by atoms with E-state index in [0.717, 1.165) is 12.8 Å². The minimum Gasteiger partial charge on any atom is -0.269 e. The second kappa shape index (κ2) is 14.1. The number of hydrogen-bond acceptors (Lipinski definition) is 0. The van der Waals surface area contributed by atoms with E-state index >= 15 is 0 Å². The Morgan fingerprint density at radius 3 is 1.74 bits per heavy atom. The average molecular weight is 429 g/mol. The van der Waals surface area contributed by atoms with Crippen molar-refractivity contribution in [3.8, 4) is 0 Å². The van der Waals surface area contributed by atoms with Crippen LogP contribution in [0.2, 0.25) is 0 Å². The topological polar surface area (TPSA) is 0 Å². The van der Waals surface area contributed by atoms with Gasteiger partial charge in [0.25, 0.3) is 0 Å². The summed E-state index contributed by atoms with van der Waals surface area (Å²) in [5.41, 5.74) is 5.22. The fourth-order valence-electron chi connectivity index (χ4n) is 2.35. The Balaban J connectivity index is 0.000000211. The molecule has 1 aliphatic carbocycles. The van der Waals surface area contributed by atoms with Gasteiger partial charge in [-0.05, 0) is 12.0 Å². The molecule has 0 bridgehead atoms. The minimum absolute atomic E-state index is 0. The van der Waals surface area contributed by atoms with Crippen molar-refractivity contribution >= 4 is 0 Å². The normalized spacial score (nSPS) is 11.1. The maximum absolute atomic E-state index is 3.31. The van der Waals surface area contributed by atoms with Crippen molar-refractivity contribution in [1.82, 2.24) is 0 Å². The summed E-state index contributed by atoms with van der Waals surface area (Å²) < 4.78 is 0. The van der Waals surface area contributed by atoms with E-state index in [1.165, 1.54) is 22.3 Å². The number of hydrogen-bond donors (Lipinski definition) is 0. The maximum atomic E-state index is 3.31. The number of benzene rings is 3. The zero-order chi connectivity index (χ0) is 18.5. The van der Waals surface area contributed by atoms with Crippen LogP contribution >= 0.6 is 0 Å². The fraction of sp³-hybridized carbons (Fsp3) is 0.154. The predicted molar refractivity (Wildman–Crippen MR) is 111 cm³/mol. The quantitative estimate of drug-likeness (QED) is 0.408. The van der Waals surface area contributed by atoms with Crippen molar-refractivity contribution < 1.29 is 26.2 Å². The summed E-state index contributed by atoms with van der Waals surface area (Å²) in [7, 11) is 0. The third kappa shape index (κ3) is 10.7. The summed E-state index contributed by atoms with van der Waals surface area (Å²) in [5.74, 6) is 0. The van der Waals surface area contributed by atoms with Crippen LogP contribution in [0.5, 0.6) is 0 Å². The van der Waals surface area contributed by atoms with Crippen molar-refractivity contribution in [1.29, 1.82) is 0 Å². The van der Waals surface area contributed by atoms with Crippen LogP contribution in [0.25, 0.3) is 0 Å². The van der Waals surface area contributed by atoms with Crippen LogP contribution in [-0.2, 0) is 32.6 Å². The van der Waals surface area contributed by atoms with Gasteiger partial charge in [-0.3, -0.25) is 6.08 Å². The molecule has 0 nitrogen and oxygen atoms in total. The van der Waals surface area contributed by atoms with Gasteiger partial charge in [0.05, 0.1) is 0 Å². The Morgan fingerprint density at radius 2 is 1.37 bits per heavy atom. The van der Waals surface area contributed by atoms with Crippen molar-refractivity contribution in [3.05, 3.63) is 131 Å². The average Bonchev–Trinajstić information content (AvgIpc) is 3.18. The second-order valence-electron chi connectivity index (χ2n) is 6.13. The van der Waals surface area contributed by atoms with Crippen LogP contribution in [0.4, 0.5) is 0 Å². The number of aryl methyl sites for hydroxylation is 2. The molecule has 0 spiro atoms. The van der Waals surface area contributed by atoms with E-state index < -0.39 is 0 Å². The predicted octanol–water partition coefficient (Wildman–Crippen LogP) is 6.51. The second-order valence-corrected chi connectivity index (χ2v) is 6.13. The van der Waals surface area contributed by atoms with Crippen molar-refractivity contribution in [2.75, 3.05) is 0 Å². The third-order valence-corrected chi connectivity index (χ3v) is 3.73.